The molecule has 1 aromatic heterocycles. The van der Waals surface area contributed by atoms with Crippen LogP contribution in [0.4, 0.5) is 4.39 Å². The molecule has 0 fully saturated rings. The smallest absolute Gasteiger partial charge is 0.159 e. The van der Waals surface area contributed by atoms with Gasteiger partial charge in [-0.3, -0.25) is 0 Å². The van der Waals surface area contributed by atoms with Gasteiger partial charge in [-0.2, -0.15) is 0 Å². The normalized spacial score (nSPS) is 12.1. The van der Waals surface area contributed by atoms with Gasteiger partial charge in [-0.05, 0) is 49.1 Å². The first-order valence-electron chi connectivity index (χ1n) is 15.4. The molecule has 0 aliphatic heterocycles. The van der Waals surface area contributed by atoms with Crippen LogP contribution in [-0.4, -0.2) is 22.7 Å². The molecule has 2 aromatic rings. The summed E-state index contributed by atoms with van der Waals surface area (Å²) in [6.07, 6.45) is 26.3. The minimum Gasteiger partial charge on any atom is -0.493 e. The molecule has 0 radical (unpaired) electrons. The Hall–Kier alpha value is -1.97. The summed E-state index contributed by atoms with van der Waals surface area (Å²) >= 11 is 0. The molecule has 0 saturated carbocycles. The lowest BCUT2D eigenvalue weighted by molar-refractivity contribution is 0.222. The second-order valence-electron chi connectivity index (χ2n) is 10.7. The molecule has 2 rings (SSSR count). The lowest BCUT2D eigenvalue weighted by Gasteiger charge is -2.10. The fourth-order valence-electron chi connectivity index (χ4n) is 4.74. The van der Waals surface area contributed by atoms with Crippen molar-refractivity contribution in [3.63, 3.8) is 0 Å². The molecule has 0 saturated heterocycles. The number of benzene rings is 1. The number of aromatic nitrogens is 2. The molecular weight excluding hydrogens is 459 g/mol. The first-order valence-corrected chi connectivity index (χ1v) is 15.4. The highest BCUT2D eigenvalue weighted by Crippen LogP contribution is 2.21. The van der Waals surface area contributed by atoms with Crippen LogP contribution in [-0.2, 0) is 6.42 Å². The maximum atomic E-state index is 14.0. The van der Waals surface area contributed by atoms with Crippen LogP contribution in [0.3, 0.4) is 0 Å². The lowest BCUT2D eigenvalue weighted by atomic mass is 10.0. The molecular formula is C33H53FN2O. The van der Waals surface area contributed by atoms with Gasteiger partial charge < -0.3 is 4.74 Å². The molecule has 3 nitrogen and oxygen atoms in total. The number of hydrogen-bond acceptors (Lipinski definition) is 3. The quantitative estimate of drug-likeness (QED) is 0.139. The molecule has 1 aromatic carbocycles. The van der Waals surface area contributed by atoms with E-state index in [-0.39, 0.29) is 0 Å². The Labute approximate surface area is 227 Å². The van der Waals surface area contributed by atoms with Gasteiger partial charge in [-0.25, -0.2) is 14.4 Å². The van der Waals surface area contributed by atoms with Crippen molar-refractivity contribution in [3.8, 4) is 17.1 Å². The predicted octanol–water partition coefficient (Wildman–Crippen LogP) is 10.5. The molecule has 0 bridgehead atoms. The summed E-state index contributed by atoms with van der Waals surface area (Å²) in [5, 5.41) is 0. The molecule has 4 heteroatoms. The summed E-state index contributed by atoms with van der Waals surface area (Å²) in [6.45, 7) is 4.87. The first kappa shape index (κ1) is 31.2. The van der Waals surface area contributed by atoms with E-state index in [9.17, 15) is 4.39 Å². The zero-order chi connectivity index (χ0) is 26.4. The number of alkyl halides is 1. The van der Waals surface area contributed by atoms with Crippen molar-refractivity contribution in [1.29, 1.82) is 0 Å². The Balaban J connectivity index is 1.55. The van der Waals surface area contributed by atoms with Gasteiger partial charge in [0.2, 0.25) is 0 Å². The maximum absolute atomic E-state index is 14.0. The maximum Gasteiger partial charge on any atom is 0.159 e. The summed E-state index contributed by atoms with van der Waals surface area (Å²) in [6, 6.07) is 7.81. The summed E-state index contributed by atoms with van der Waals surface area (Å²) in [5.74, 6) is 1.51. The molecule has 208 valence electrons. The summed E-state index contributed by atoms with van der Waals surface area (Å²) in [7, 11) is 0. The van der Waals surface area contributed by atoms with E-state index < -0.39 is 6.17 Å². The van der Waals surface area contributed by atoms with Gasteiger partial charge in [0, 0.05) is 24.4 Å². The number of hydrogen-bond donors (Lipinski definition) is 0. The highest BCUT2D eigenvalue weighted by atomic mass is 19.1. The Morgan fingerprint density at radius 2 is 1.16 bits per heavy atom. The number of nitrogens with zero attached hydrogens (tertiary/aromatic N) is 2. The van der Waals surface area contributed by atoms with Crippen molar-refractivity contribution >= 4 is 0 Å². The Morgan fingerprint density at radius 3 is 1.73 bits per heavy atom. The summed E-state index contributed by atoms with van der Waals surface area (Å²) in [5.41, 5.74) is 2.19. The van der Waals surface area contributed by atoms with Crippen molar-refractivity contribution in [2.24, 2.45) is 0 Å². The fraction of sp³-hybridized carbons (Fsp3) is 0.697. The van der Waals surface area contributed by atoms with E-state index in [1.54, 1.807) is 0 Å². The molecule has 0 aliphatic carbocycles. The zero-order valence-electron chi connectivity index (χ0n) is 23.9. The topological polar surface area (TPSA) is 35.0 Å². The number of unbranched alkanes of at least 4 members (excludes halogenated alkanes) is 14. The minimum atomic E-state index is -0.766. The van der Waals surface area contributed by atoms with E-state index in [4.69, 9.17) is 4.74 Å². The zero-order valence-corrected chi connectivity index (χ0v) is 23.9. The predicted molar refractivity (Wildman–Crippen MR) is 156 cm³/mol. The second kappa shape index (κ2) is 21.0. The third kappa shape index (κ3) is 15.1. The SMILES string of the molecule is CCCCCCCCCCCCCCc1cnc(-c2ccc(OCCC(F)CCCCCC)cc2)nc1. The van der Waals surface area contributed by atoms with Gasteiger partial charge in [-0.1, -0.05) is 110 Å². The third-order valence-corrected chi connectivity index (χ3v) is 7.21. The van der Waals surface area contributed by atoms with Gasteiger partial charge in [0.05, 0.1) is 6.61 Å². The Kier molecular flexibility index (Phi) is 17.7. The highest BCUT2D eigenvalue weighted by molar-refractivity contribution is 5.55. The van der Waals surface area contributed by atoms with Crippen LogP contribution in [0.5, 0.6) is 5.75 Å². The second-order valence-corrected chi connectivity index (χ2v) is 10.7. The lowest BCUT2D eigenvalue weighted by Crippen LogP contribution is -2.07. The third-order valence-electron chi connectivity index (χ3n) is 7.21. The van der Waals surface area contributed by atoms with E-state index in [0.717, 1.165) is 36.4 Å². The average Bonchev–Trinajstić information content (AvgIpc) is 2.92. The van der Waals surface area contributed by atoms with Crippen molar-refractivity contribution in [2.75, 3.05) is 6.61 Å². The van der Waals surface area contributed by atoms with Gasteiger partial charge in [0.1, 0.15) is 11.9 Å². The van der Waals surface area contributed by atoms with Gasteiger partial charge in [-0.15, -0.1) is 0 Å². The highest BCUT2D eigenvalue weighted by Gasteiger charge is 2.07. The van der Waals surface area contributed by atoms with Crippen LogP contribution >= 0.6 is 0 Å². The summed E-state index contributed by atoms with van der Waals surface area (Å²) in [4.78, 5) is 9.16. The molecule has 1 heterocycles. The number of ether oxygens (including phenoxy) is 1. The molecule has 1 unspecified atom stereocenters. The minimum absolute atomic E-state index is 0.415. The summed E-state index contributed by atoms with van der Waals surface area (Å²) < 4.78 is 19.7. The van der Waals surface area contributed by atoms with E-state index in [2.05, 4.69) is 23.8 Å². The van der Waals surface area contributed by atoms with E-state index >= 15 is 0 Å². The molecule has 0 spiro atoms. The van der Waals surface area contributed by atoms with Gasteiger partial charge in [0.15, 0.2) is 5.82 Å². The van der Waals surface area contributed by atoms with Crippen molar-refractivity contribution in [2.45, 2.75) is 142 Å². The fourth-order valence-corrected chi connectivity index (χ4v) is 4.74. The van der Waals surface area contributed by atoms with Crippen LogP contribution in [0.25, 0.3) is 11.4 Å². The molecule has 0 aliphatic rings. The first-order chi connectivity index (χ1) is 18.2. The van der Waals surface area contributed by atoms with E-state index in [1.807, 2.05) is 36.7 Å². The molecule has 1 atom stereocenters. The molecule has 37 heavy (non-hydrogen) atoms. The monoisotopic (exact) mass is 512 g/mol. The van der Waals surface area contributed by atoms with Crippen molar-refractivity contribution in [3.05, 3.63) is 42.2 Å². The Morgan fingerprint density at radius 1 is 0.649 bits per heavy atom. The number of rotatable bonds is 23. The molecule has 0 N–H and O–H groups in total. The van der Waals surface area contributed by atoms with Gasteiger partial charge >= 0.3 is 0 Å². The van der Waals surface area contributed by atoms with Crippen LogP contribution in [0.1, 0.15) is 135 Å². The van der Waals surface area contributed by atoms with Crippen molar-refractivity contribution in [1.82, 2.24) is 9.97 Å². The van der Waals surface area contributed by atoms with Crippen molar-refractivity contribution < 1.29 is 9.13 Å². The van der Waals surface area contributed by atoms with Crippen LogP contribution < -0.4 is 4.74 Å². The molecule has 0 amide bonds. The Bertz CT molecular complexity index is 778. The van der Waals surface area contributed by atoms with Crippen LogP contribution in [0, 0.1) is 0 Å². The average molecular weight is 513 g/mol. The van der Waals surface area contributed by atoms with Crippen LogP contribution in [0.15, 0.2) is 36.7 Å². The van der Waals surface area contributed by atoms with Crippen LogP contribution in [0.2, 0.25) is 0 Å². The number of aryl methyl sites for hydroxylation is 1. The van der Waals surface area contributed by atoms with E-state index in [0.29, 0.717) is 19.4 Å². The van der Waals surface area contributed by atoms with Gasteiger partial charge in [0.25, 0.3) is 0 Å². The number of halogens is 1. The standard InChI is InChI=1S/C33H53FN2O/c1-3-5-7-9-10-11-12-13-14-15-16-17-19-29-27-35-33(36-28-29)30-21-23-32(24-22-30)37-26-25-31(34)20-18-8-6-4-2/h21-24,27-28,31H,3-20,25-26H2,1-2H3. The van der Waals surface area contributed by atoms with E-state index in [1.165, 1.54) is 95.5 Å². The largest absolute Gasteiger partial charge is 0.493 e.